The molecular formula is C25H23NO5S2. The van der Waals surface area contributed by atoms with Crippen molar-refractivity contribution in [3.8, 4) is 27.3 Å². The van der Waals surface area contributed by atoms with Gasteiger partial charge in [0.2, 0.25) is 0 Å². The van der Waals surface area contributed by atoms with Crippen LogP contribution in [0, 0.1) is 6.92 Å². The summed E-state index contributed by atoms with van der Waals surface area (Å²) >= 11 is 1.17. The lowest BCUT2D eigenvalue weighted by molar-refractivity contribution is -0.0425. The molecule has 0 unspecified atom stereocenters. The molecule has 0 bridgehead atoms. The second-order valence-electron chi connectivity index (χ2n) is 7.50. The van der Waals surface area contributed by atoms with Gasteiger partial charge in [0.1, 0.15) is 9.96 Å². The molecule has 0 saturated heterocycles. The number of rotatable bonds is 7. The van der Waals surface area contributed by atoms with E-state index in [1.54, 1.807) is 12.1 Å². The molecule has 0 aliphatic rings. The molecule has 0 aliphatic heterocycles. The highest BCUT2D eigenvalue weighted by Gasteiger charge is 2.20. The van der Waals surface area contributed by atoms with Gasteiger partial charge >= 0.3 is 0 Å². The van der Waals surface area contributed by atoms with Crippen LogP contribution in [0.15, 0.2) is 83.1 Å². The van der Waals surface area contributed by atoms with E-state index in [1.165, 1.54) is 42.2 Å². The normalized spacial score (nSPS) is 11.5. The van der Waals surface area contributed by atoms with Crippen LogP contribution in [0.5, 0.6) is 5.75 Å². The number of ether oxygens (including phenoxy) is 1. The molecule has 170 valence electrons. The summed E-state index contributed by atoms with van der Waals surface area (Å²) in [5.74, 6) is 0.188. The lowest BCUT2D eigenvalue weighted by Crippen LogP contribution is -2.12. The van der Waals surface area contributed by atoms with E-state index in [0.29, 0.717) is 0 Å². The van der Waals surface area contributed by atoms with Crippen molar-refractivity contribution in [2.75, 3.05) is 11.8 Å². The van der Waals surface area contributed by atoms with Crippen LogP contribution < -0.4 is 9.46 Å². The van der Waals surface area contributed by atoms with Crippen LogP contribution >= 0.6 is 11.3 Å². The molecular weight excluding hydrogens is 458 g/mol. The maximum Gasteiger partial charge on any atom is 0.271 e. The van der Waals surface area contributed by atoms with E-state index in [-0.39, 0.29) is 21.2 Å². The number of methoxy groups -OCH3 is 1. The zero-order chi connectivity index (χ0) is 23.6. The van der Waals surface area contributed by atoms with Crippen LogP contribution in [0.2, 0.25) is 0 Å². The minimum absolute atomic E-state index is 0.161. The number of hydrogen-bond donors (Lipinski definition) is 3. The fourth-order valence-electron chi connectivity index (χ4n) is 3.34. The average Bonchev–Trinajstić information content (AvgIpc) is 3.31. The predicted molar refractivity (Wildman–Crippen MR) is 131 cm³/mol. The number of aliphatic hydroxyl groups is 2. The molecule has 1 aromatic heterocycles. The largest absolute Gasteiger partial charge is 0.495 e. The topological polar surface area (TPSA) is 95.9 Å². The zero-order valence-electron chi connectivity index (χ0n) is 18.0. The molecule has 8 heteroatoms. The third-order valence-corrected chi connectivity index (χ3v) is 8.16. The Hall–Kier alpha value is -3.17. The van der Waals surface area contributed by atoms with Gasteiger partial charge in [-0.15, -0.1) is 11.3 Å². The van der Waals surface area contributed by atoms with Gasteiger partial charge in [0.25, 0.3) is 10.0 Å². The number of aryl methyl sites for hydroxylation is 1. The van der Waals surface area contributed by atoms with Gasteiger partial charge in [0.05, 0.1) is 12.8 Å². The Morgan fingerprint density at radius 1 is 0.848 bits per heavy atom. The van der Waals surface area contributed by atoms with Gasteiger partial charge in [-0.05, 0) is 47.9 Å². The molecule has 0 atom stereocenters. The van der Waals surface area contributed by atoms with E-state index in [1.807, 2.05) is 24.3 Å². The molecule has 3 aromatic carbocycles. The van der Waals surface area contributed by atoms with Crippen LogP contribution in [-0.4, -0.2) is 25.7 Å². The van der Waals surface area contributed by atoms with Crippen LogP contribution in [0.4, 0.5) is 5.69 Å². The minimum Gasteiger partial charge on any atom is -0.495 e. The van der Waals surface area contributed by atoms with Gasteiger partial charge in [0, 0.05) is 10.4 Å². The first kappa shape index (κ1) is 23.0. The third-order valence-electron chi connectivity index (χ3n) is 5.17. The first-order valence-corrected chi connectivity index (χ1v) is 12.4. The van der Waals surface area contributed by atoms with E-state index >= 15 is 0 Å². The molecule has 1 heterocycles. The molecule has 0 amide bonds. The maximum absolute atomic E-state index is 12.9. The lowest BCUT2D eigenvalue weighted by Gasteiger charge is -2.13. The molecule has 0 saturated carbocycles. The fraction of sp³-hybridized carbons (Fsp3) is 0.120. The highest BCUT2D eigenvalue weighted by atomic mass is 32.2. The molecule has 3 N–H and O–H groups in total. The molecule has 4 rings (SSSR count). The molecule has 0 fully saturated rings. The summed E-state index contributed by atoms with van der Waals surface area (Å²) in [5.41, 5.74) is 4.75. The summed E-state index contributed by atoms with van der Waals surface area (Å²) in [5, 5.41) is 18.6. The molecule has 0 aliphatic carbocycles. The van der Waals surface area contributed by atoms with E-state index < -0.39 is 16.3 Å². The first-order chi connectivity index (χ1) is 15.8. The Labute approximate surface area is 196 Å². The number of anilines is 1. The van der Waals surface area contributed by atoms with Gasteiger partial charge in [-0.1, -0.05) is 60.2 Å². The van der Waals surface area contributed by atoms with Crippen molar-refractivity contribution in [2.45, 2.75) is 17.4 Å². The first-order valence-electron chi connectivity index (χ1n) is 10.1. The Bertz CT molecular complexity index is 1360. The number of aliphatic hydroxyl groups excluding tert-OH is 1. The summed E-state index contributed by atoms with van der Waals surface area (Å²) in [6, 6.07) is 23.9. The van der Waals surface area contributed by atoms with Crippen molar-refractivity contribution >= 4 is 27.0 Å². The van der Waals surface area contributed by atoms with E-state index in [2.05, 4.69) is 35.9 Å². The van der Waals surface area contributed by atoms with Crippen LogP contribution in [0.25, 0.3) is 21.6 Å². The highest BCUT2D eigenvalue weighted by Crippen LogP contribution is 2.35. The van der Waals surface area contributed by atoms with E-state index in [0.717, 1.165) is 21.6 Å². The van der Waals surface area contributed by atoms with Crippen molar-refractivity contribution < 1.29 is 23.4 Å². The van der Waals surface area contributed by atoms with Gasteiger partial charge in [-0.3, -0.25) is 4.72 Å². The highest BCUT2D eigenvalue weighted by molar-refractivity contribution is 7.94. The maximum atomic E-state index is 12.9. The Morgan fingerprint density at radius 3 is 2.06 bits per heavy atom. The number of nitrogens with one attached hydrogen (secondary N) is 1. The van der Waals surface area contributed by atoms with Gasteiger partial charge in [-0.2, -0.15) is 0 Å². The second-order valence-corrected chi connectivity index (χ2v) is 10.5. The van der Waals surface area contributed by atoms with Crippen molar-refractivity contribution in [1.29, 1.82) is 0 Å². The SMILES string of the molecule is COc1cc(C(O)O)ccc1NS(=O)(=O)c1ccc(-c2ccc(-c3ccc(C)cc3)cc2)s1. The number of hydrogen-bond acceptors (Lipinski definition) is 6. The quantitative estimate of drug-likeness (QED) is 0.316. The van der Waals surface area contributed by atoms with Gasteiger partial charge in [0.15, 0.2) is 6.29 Å². The summed E-state index contributed by atoms with van der Waals surface area (Å²) in [6.07, 6.45) is -1.68. The van der Waals surface area contributed by atoms with Crippen molar-refractivity contribution in [3.05, 3.63) is 90.0 Å². The molecule has 6 nitrogen and oxygen atoms in total. The Morgan fingerprint density at radius 2 is 1.45 bits per heavy atom. The summed E-state index contributed by atoms with van der Waals surface area (Å²) < 4.78 is 33.8. The van der Waals surface area contributed by atoms with Crippen molar-refractivity contribution in [2.24, 2.45) is 0 Å². The summed E-state index contributed by atoms with van der Waals surface area (Å²) in [6.45, 7) is 2.05. The van der Waals surface area contributed by atoms with Crippen LogP contribution in [0.3, 0.4) is 0 Å². The number of thiophene rings is 1. The van der Waals surface area contributed by atoms with Gasteiger partial charge in [-0.25, -0.2) is 8.42 Å². The number of sulfonamides is 1. The minimum atomic E-state index is -3.86. The molecule has 0 radical (unpaired) electrons. The fourth-order valence-corrected chi connectivity index (χ4v) is 5.72. The van der Waals surface area contributed by atoms with Crippen LogP contribution in [-0.2, 0) is 10.0 Å². The lowest BCUT2D eigenvalue weighted by atomic mass is 10.0. The predicted octanol–water partition coefficient (Wildman–Crippen LogP) is 5.18. The van der Waals surface area contributed by atoms with Gasteiger partial charge < -0.3 is 14.9 Å². The Balaban J connectivity index is 1.56. The number of benzene rings is 3. The van der Waals surface area contributed by atoms with Crippen LogP contribution in [0.1, 0.15) is 17.4 Å². The van der Waals surface area contributed by atoms with Crippen molar-refractivity contribution in [1.82, 2.24) is 0 Å². The average molecular weight is 482 g/mol. The summed E-state index contributed by atoms with van der Waals surface area (Å²) in [7, 11) is -2.48. The van der Waals surface area contributed by atoms with E-state index in [9.17, 15) is 18.6 Å². The Kier molecular flexibility index (Phi) is 6.53. The smallest absolute Gasteiger partial charge is 0.271 e. The third kappa shape index (κ3) is 5.09. The standard InChI is InChI=1S/C25H23NO5S2/c1-16-3-5-17(6-4-16)18-7-9-19(10-8-18)23-13-14-24(32-23)33(29,30)26-21-12-11-20(25(27)28)15-22(21)31-2/h3-15,25-28H,1-2H3. The molecule has 0 spiro atoms. The summed E-state index contributed by atoms with van der Waals surface area (Å²) in [4.78, 5) is 0.830. The van der Waals surface area contributed by atoms with Crippen molar-refractivity contribution in [3.63, 3.8) is 0 Å². The van der Waals surface area contributed by atoms with E-state index in [4.69, 9.17) is 4.74 Å². The zero-order valence-corrected chi connectivity index (χ0v) is 19.7. The monoisotopic (exact) mass is 481 g/mol. The molecule has 4 aromatic rings. The second kappa shape index (κ2) is 9.36. The molecule has 33 heavy (non-hydrogen) atoms.